The fourth-order valence-corrected chi connectivity index (χ4v) is 1.80. The number of rotatable bonds is 7. The molecule has 0 aromatic carbocycles. The highest BCUT2D eigenvalue weighted by atomic mass is 32.2. The van der Waals surface area contributed by atoms with Crippen molar-refractivity contribution in [2.45, 2.75) is 45.4 Å². The van der Waals surface area contributed by atoms with E-state index in [4.69, 9.17) is 5.73 Å². The van der Waals surface area contributed by atoms with Crippen molar-refractivity contribution < 1.29 is 4.58 Å². The number of amidine groups is 1. The molecule has 0 aliphatic heterocycles. The summed E-state index contributed by atoms with van der Waals surface area (Å²) in [4.78, 5) is 0. The Kier molecular flexibility index (Phi) is 9.26. The van der Waals surface area contributed by atoms with E-state index in [1.807, 2.05) is 6.26 Å². The molecule has 0 aromatic rings. The summed E-state index contributed by atoms with van der Waals surface area (Å²) in [5, 5.41) is 0.929. The molecule has 84 valence electrons. The van der Waals surface area contributed by atoms with Crippen molar-refractivity contribution >= 4 is 16.9 Å². The van der Waals surface area contributed by atoms with E-state index in [1.165, 1.54) is 38.5 Å². The highest BCUT2D eigenvalue weighted by molar-refractivity contribution is 8.12. The summed E-state index contributed by atoms with van der Waals surface area (Å²) in [5.74, 6) is 0. The standard InChI is InChI=1S/C11H24N2S/c1-4-5-6-7-8-9-10-13(2)11(12)14-3/h12H,4-10H2,1-3H3/p+1. The molecule has 0 amide bonds. The van der Waals surface area contributed by atoms with Crippen molar-refractivity contribution in [2.75, 3.05) is 19.8 Å². The Balaban J connectivity index is 3.36. The predicted octanol–water partition coefficient (Wildman–Crippen LogP) is 2.67. The number of hydrogen-bond acceptors (Lipinski definition) is 1. The van der Waals surface area contributed by atoms with Crippen LogP contribution in [0.3, 0.4) is 0 Å². The zero-order chi connectivity index (χ0) is 10.8. The highest BCUT2D eigenvalue weighted by Crippen LogP contribution is 2.04. The average Bonchev–Trinajstić information content (AvgIpc) is 2.21. The molecule has 0 rings (SSSR count). The van der Waals surface area contributed by atoms with Crippen molar-refractivity contribution in [2.24, 2.45) is 5.73 Å². The van der Waals surface area contributed by atoms with Gasteiger partial charge in [-0.1, -0.05) is 32.6 Å². The Morgan fingerprint density at radius 1 is 1.14 bits per heavy atom. The normalized spacial score (nSPS) is 12.8. The number of nitrogens with zero attached hydrogens (tertiary/aromatic N) is 1. The van der Waals surface area contributed by atoms with Gasteiger partial charge >= 0.3 is 5.17 Å². The lowest BCUT2D eigenvalue weighted by Gasteiger charge is -2.03. The molecule has 0 saturated carbocycles. The van der Waals surface area contributed by atoms with Crippen LogP contribution in [-0.2, 0) is 0 Å². The lowest BCUT2D eigenvalue weighted by Crippen LogP contribution is -2.23. The van der Waals surface area contributed by atoms with E-state index < -0.39 is 0 Å². The molecule has 0 saturated heterocycles. The predicted molar refractivity (Wildman–Crippen MR) is 67.1 cm³/mol. The molecule has 0 fully saturated rings. The smallest absolute Gasteiger partial charge is 0.281 e. The van der Waals surface area contributed by atoms with Crippen LogP contribution in [0.15, 0.2) is 0 Å². The molecule has 0 aromatic heterocycles. The first-order chi connectivity index (χ1) is 6.72. The fraction of sp³-hybridized carbons (Fsp3) is 0.909. The third kappa shape index (κ3) is 7.25. The van der Waals surface area contributed by atoms with Gasteiger partial charge in [-0.05, 0) is 30.9 Å². The maximum absolute atomic E-state index is 5.78. The van der Waals surface area contributed by atoms with Gasteiger partial charge < -0.3 is 0 Å². The van der Waals surface area contributed by atoms with Gasteiger partial charge in [-0.15, -0.1) is 0 Å². The van der Waals surface area contributed by atoms with E-state index in [0.717, 1.165) is 11.7 Å². The SMILES string of the molecule is CCCCCCCC[N+](C)=C(N)SC. The summed E-state index contributed by atoms with van der Waals surface area (Å²) in [6, 6.07) is 0. The highest BCUT2D eigenvalue weighted by Gasteiger charge is 2.00. The van der Waals surface area contributed by atoms with Crippen LogP contribution in [0.5, 0.6) is 0 Å². The molecule has 0 unspecified atom stereocenters. The van der Waals surface area contributed by atoms with Gasteiger partial charge in [0, 0.05) is 0 Å². The third-order valence-corrected chi connectivity index (χ3v) is 3.16. The van der Waals surface area contributed by atoms with Gasteiger partial charge in [0.05, 0.1) is 13.6 Å². The fourth-order valence-electron chi connectivity index (χ4n) is 1.40. The summed E-state index contributed by atoms with van der Waals surface area (Å²) in [7, 11) is 2.07. The first-order valence-electron chi connectivity index (χ1n) is 5.60. The number of unbranched alkanes of at least 4 members (excludes halogenated alkanes) is 5. The van der Waals surface area contributed by atoms with Crippen LogP contribution in [0.2, 0.25) is 0 Å². The maximum Gasteiger partial charge on any atom is 0.303 e. The molecule has 0 heterocycles. The van der Waals surface area contributed by atoms with Crippen molar-refractivity contribution in [3.63, 3.8) is 0 Å². The average molecular weight is 217 g/mol. The molecule has 0 spiro atoms. The molecule has 0 atom stereocenters. The number of nitrogens with two attached hydrogens (primary N) is 1. The second kappa shape index (κ2) is 9.38. The molecule has 0 bridgehead atoms. The summed E-state index contributed by atoms with van der Waals surface area (Å²) in [5.41, 5.74) is 5.78. The Morgan fingerprint density at radius 2 is 1.71 bits per heavy atom. The first kappa shape index (κ1) is 13.8. The van der Waals surface area contributed by atoms with Gasteiger partial charge in [0.25, 0.3) is 0 Å². The van der Waals surface area contributed by atoms with Gasteiger partial charge in [-0.2, -0.15) is 0 Å². The minimum absolute atomic E-state index is 0.929. The largest absolute Gasteiger partial charge is 0.303 e. The first-order valence-corrected chi connectivity index (χ1v) is 6.82. The van der Waals surface area contributed by atoms with E-state index in [-0.39, 0.29) is 0 Å². The van der Waals surface area contributed by atoms with Crippen molar-refractivity contribution in [3.8, 4) is 0 Å². The summed E-state index contributed by atoms with van der Waals surface area (Å²) in [6.07, 6.45) is 10.1. The van der Waals surface area contributed by atoms with Crippen molar-refractivity contribution in [1.82, 2.24) is 0 Å². The quantitative estimate of drug-likeness (QED) is 0.307. The van der Waals surface area contributed by atoms with E-state index in [1.54, 1.807) is 11.8 Å². The Labute approximate surface area is 93.0 Å². The van der Waals surface area contributed by atoms with Crippen LogP contribution in [-0.4, -0.2) is 29.6 Å². The molecule has 14 heavy (non-hydrogen) atoms. The minimum Gasteiger partial charge on any atom is -0.281 e. The van der Waals surface area contributed by atoms with Crippen LogP contribution in [0, 0.1) is 0 Å². The van der Waals surface area contributed by atoms with Crippen molar-refractivity contribution in [3.05, 3.63) is 0 Å². The summed E-state index contributed by atoms with van der Waals surface area (Å²) in [6.45, 7) is 3.35. The van der Waals surface area contributed by atoms with Crippen LogP contribution < -0.4 is 5.73 Å². The van der Waals surface area contributed by atoms with Crippen LogP contribution in [0.4, 0.5) is 0 Å². The summed E-state index contributed by atoms with van der Waals surface area (Å²) < 4.78 is 2.14. The zero-order valence-electron chi connectivity index (χ0n) is 9.88. The van der Waals surface area contributed by atoms with Gasteiger partial charge in [0.15, 0.2) is 0 Å². The Hall–Kier alpha value is -0.180. The van der Waals surface area contributed by atoms with Crippen molar-refractivity contribution in [1.29, 1.82) is 0 Å². The molecule has 3 heteroatoms. The monoisotopic (exact) mass is 217 g/mol. The minimum atomic E-state index is 0.929. The van der Waals surface area contributed by atoms with Crippen LogP contribution in [0.25, 0.3) is 0 Å². The van der Waals surface area contributed by atoms with Gasteiger partial charge in [-0.3, -0.25) is 10.3 Å². The van der Waals surface area contributed by atoms with E-state index in [0.29, 0.717) is 0 Å². The van der Waals surface area contributed by atoms with Crippen LogP contribution in [0.1, 0.15) is 45.4 Å². The second-order valence-corrected chi connectivity index (χ2v) is 4.56. The maximum atomic E-state index is 5.78. The van der Waals surface area contributed by atoms with Crippen LogP contribution >= 0.6 is 11.8 Å². The lowest BCUT2D eigenvalue weighted by atomic mass is 10.1. The molecule has 2 nitrogen and oxygen atoms in total. The zero-order valence-corrected chi connectivity index (χ0v) is 10.7. The topological polar surface area (TPSA) is 29.0 Å². The second-order valence-electron chi connectivity index (χ2n) is 3.73. The number of thioether (sulfide) groups is 1. The lowest BCUT2D eigenvalue weighted by molar-refractivity contribution is -0.495. The van der Waals surface area contributed by atoms with Gasteiger partial charge in [0.1, 0.15) is 0 Å². The molecule has 2 N–H and O–H groups in total. The Morgan fingerprint density at radius 3 is 2.29 bits per heavy atom. The Bertz CT molecular complexity index is 167. The molecular formula is C11H25N2S+. The molecular weight excluding hydrogens is 192 g/mol. The van der Waals surface area contributed by atoms with E-state index >= 15 is 0 Å². The number of hydrogen-bond donors (Lipinski definition) is 1. The van der Waals surface area contributed by atoms with Gasteiger partial charge in [0.2, 0.25) is 0 Å². The van der Waals surface area contributed by atoms with E-state index in [9.17, 15) is 0 Å². The van der Waals surface area contributed by atoms with E-state index in [2.05, 4.69) is 18.5 Å². The molecule has 0 aliphatic carbocycles. The molecule has 0 radical (unpaired) electrons. The third-order valence-electron chi connectivity index (χ3n) is 2.43. The molecule has 0 aliphatic rings. The summed E-state index contributed by atoms with van der Waals surface area (Å²) >= 11 is 1.63. The van der Waals surface area contributed by atoms with Gasteiger partial charge in [-0.25, -0.2) is 0 Å².